The molecule has 0 saturated carbocycles. The quantitative estimate of drug-likeness (QED) is 0.851. The van der Waals surface area contributed by atoms with Gasteiger partial charge in [-0.3, -0.25) is 4.79 Å². The average Bonchev–Trinajstić information content (AvgIpc) is 2.39. The van der Waals surface area contributed by atoms with Crippen molar-refractivity contribution in [3.8, 4) is 5.75 Å². The van der Waals surface area contributed by atoms with Crippen molar-refractivity contribution >= 4 is 11.6 Å². The van der Waals surface area contributed by atoms with Crippen LogP contribution in [0.1, 0.15) is 20.3 Å². The van der Waals surface area contributed by atoms with E-state index in [-0.39, 0.29) is 18.1 Å². The predicted molar refractivity (Wildman–Crippen MR) is 77.6 cm³/mol. The smallest absolute Gasteiger partial charge is 0.226 e. The van der Waals surface area contributed by atoms with Crippen LogP contribution in [0.15, 0.2) is 24.3 Å². The van der Waals surface area contributed by atoms with E-state index >= 15 is 0 Å². The number of amides is 1. The molecule has 1 aromatic carbocycles. The predicted octanol–water partition coefficient (Wildman–Crippen LogP) is 1.67. The molecule has 1 aliphatic heterocycles. The van der Waals surface area contributed by atoms with Crippen molar-refractivity contribution in [2.24, 2.45) is 0 Å². The van der Waals surface area contributed by atoms with Crippen molar-refractivity contribution in [1.29, 1.82) is 0 Å². The number of rotatable bonds is 4. The highest BCUT2D eigenvalue weighted by atomic mass is 16.5. The summed E-state index contributed by atoms with van der Waals surface area (Å²) < 4.78 is 11.2. The van der Waals surface area contributed by atoms with E-state index in [2.05, 4.69) is 0 Å². The molecule has 0 aliphatic carbocycles. The molecule has 20 heavy (non-hydrogen) atoms. The van der Waals surface area contributed by atoms with Crippen molar-refractivity contribution < 1.29 is 14.3 Å². The maximum atomic E-state index is 12.1. The van der Waals surface area contributed by atoms with E-state index in [1.54, 1.807) is 12.1 Å². The molecular weight excluding hydrogens is 256 g/mol. The Morgan fingerprint density at radius 3 is 2.65 bits per heavy atom. The summed E-state index contributed by atoms with van der Waals surface area (Å²) in [7, 11) is 0. The van der Waals surface area contributed by atoms with Gasteiger partial charge in [0, 0.05) is 13.1 Å². The van der Waals surface area contributed by atoms with Crippen LogP contribution >= 0.6 is 0 Å². The lowest BCUT2D eigenvalue weighted by Gasteiger charge is -2.35. The van der Waals surface area contributed by atoms with E-state index in [0.717, 1.165) is 0 Å². The van der Waals surface area contributed by atoms with Gasteiger partial charge in [0.25, 0.3) is 0 Å². The van der Waals surface area contributed by atoms with E-state index in [1.807, 2.05) is 30.9 Å². The third kappa shape index (κ3) is 3.87. The summed E-state index contributed by atoms with van der Waals surface area (Å²) >= 11 is 0. The molecule has 2 N–H and O–H groups in total. The van der Waals surface area contributed by atoms with Gasteiger partial charge >= 0.3 is 0 Å². The zero-order chi connectivity index (χ0) is 14.5. The largest absolute Gasteiger partial charge is 0.491 e. The molecule has 2 unspecified atom stereocenters. The Hall–Kier alpha value is -1.75. The van der Waals surface area contributed by atoms with Crippen molar-refractivity contribution in [3.05, 3.63) is 24.3 Å². The molecule has 1 fully saturated rings. The number of benzene rings is 1. The maximum Gasteiger partial charge on any atom is 0.226 e. The lowest BCUT2D eigenvalue weighted by molar-refractivity contribution is -0.143. The molecule has 0 radical (unpaired) electrons. The summed E-state index contributed by atoms with van der Waals surface area (Å²) in [5, 5.41) is 0. The van der Waals surface area contributed by atoms with Crippen LogP contribution in [0.25, 0.3) is 0 Å². The SMILES string of the molecule is CC1CN(C(=O)CCOc2ccccc2N)CC(C)O1. The Kier molecular flexibility index (Phi) is 4.84. The summed E-state index contributed by atoms with van der Waals surface area (Å²) in [5.74, 6) is 0.727. The standard InChI is InChI=1S/C15H22N2O3/c1-11-9-17(10-12(2)20-11)15(18)7-8-19-14-6-4-3-5-13(14)16/h3-6,11-12H,7-10,16H2,1-2H3. The fraction of sp³-hybridized carbons (Fsp3) is 0.533. The first-order valence-electron chi connectivity index (χ1n) is 6.97. The third-order valence-electron chi connectivity index (χ3n) is 3.26. The Bertz CT molecular complexity index is 454. The van der Waals surface area contributed by atoms with Crippen LogP contribution in [0.3, 0.4) is 0 Å². The van der Waals surface area contributed by atoms with Crippen molar-refractivity contribution in [2.45, 2.75) is 32.5 Å². The Morgan fingerprint density at radius 2 is 2.00 bits per heavy atom. The number of nitrogens with zero attached hydrogens (tertiary/aromatic N) is 1. The number of carbonyl (C=O) groups excluding carboxylic acids is 1. The second kappa shape index (κ2) is 6.61. The number of nitrogens with two attached hydrogens (primary N) is 1. The topological polar surface area (TPSA) is 64.8 Å². The minimum Gasteiger partial charge on any atom is -0.491 e. The molecule has 1 amide bonds. The van der Waals surface area contributed by atoms with Gasteiger partial charge in [-0.2, -0.15) is 0 Å². The first-order chi connectivity index (χ1) is 9.56. The molecule has 0 aromatic heterocycles. The molecule has 110 valence electrons. The number of ether oxygens (including phenoxy) is 2. The monoisotopic (exact) mass is 278 g/mol. The first kappa shape index (κ1) is 14.7. The summed E-state index contributed by atoms with van der Waals surface area (Å²) in [5.41, 5.74) is 6.37. The van der Waals surface area contributed by atoms with Gasteiger partial charge in [0.1, 0.15) is 5.75 Å². The second-order valence-corrected chi connectivity index (χ2v) is 5.19. The van der Waals surface area contributed by atoms with Gasteiger partial charge in [0.2, 0.25) is 5.91 Å². The fourth-order valence-electron chi connectivity index (χ4n) is 2.40. The fourth-order valence-corrected chi connectivity index (χ4v) is 2.40. The highest BCUT2D eigenvalue weighted by Gasteiger charge is 2.25. The molecule has 2 atom stereocenters. The average molecular weight is 278 g/mol. The number of hydrogen-bond donors (Lipinski definition) is 1. The van der Waals surface area contributed by atoms with E-state index in [0.29, 0.717) is 37.6 Å². The van der Waals surface area contributed by atoms with Gasteiger partial charge < -0.3 is 20.1 Å². The highest BCUT2D eigenvalue weighted by molar-refractivity contribution is 5.76. The van der Waals surface area contributed by atoms with Crippen LogP contribution in [-0.2, 0) is 9.53 Å². The number of nitrogen functional groups attached to an aromatic ring is 1. The molecule has 1 saturated heterocycles. The minimum absolute atomic E-state index is 0.0911. The van der Waals surface area contributed by atoms with E-state index in [1.165, 1.54) is 0 Å². The van der Waals surface area contributed by atoms with Crippen LogP contribution in [0.4, 0.5) is 5.69 Å². The van der Waals surface area contributed by atoms with Crippen molar-refractivity contribution in [3.63, 3.8) is 0 Å². The third-order valence-corrected chi connectivity index (χ3v) is 3.26. The molecule has 0 spiro atoms. The number of hydrogen-bond acceptors (Lipinski definition) is 4. The summed E-state index contributed by atoms with van der Waals surface area (Å²) in [6.07, 6.45) is 0.537. The molecule has 0 bridgehead atoms. The van der Waals surface area contributed by atoms with Crippen LogP contribution in [-0.4, -0.2) is 42.7 Å². The number of para-hydroxylation sites is 2. The lowest BCUT2D eigenvalue weighted by atomic mass is 10.2. The van der Waals surface area contributed by atoms with Crippen LogP contribution in [0.2, 0.25) is 0 Å². The lowest BCUT2D eigenvalue weighted by Crippen LogP contribution is -2.48. The van der Waals surface area contributed by atoms with Gasteiger partial charge in [-0.05, 0) is 26.0 Å². The minimum atomic E-state index is 0.0911. The van der Waals surface area contributed by atoms with Crippen LogP contribution in [0.5, 0.6) is 5.75 Å². The number of morpholine rings is 1. The van der Waals surface area contributed by atoms with E-state index < -0.39 is 0 Å². The summed E-state index contributed by atoms with van der Waals surface area (Å²) in [6.45, 7) is 5.61. The van der Waals surface area contributed by atoms with Gasteiger partial charge in [0.05, 0.1) is 30.9 Å². The second-order valence-electron chi connectivity index (χ2n) is 5.19. The molecule has 1 aliphatic rings. The molecule has 1 aromatic rings. The molecule has 1 heterocycles. The molecule has 5 nitrogen and oxygen atoms in total. The van der Waals surface area contributed by atoms with Gasteiger partial charge in [-0.1, -0.05) is 12.1 Å². The van der Waals surface area contributed by atoms with E-state index in [9.17, 15) is 4.79 Å². The Balaban J connectivity index is 1.79. The maximum absolute atomic E-state index is 12.1. The Labute approximate surface area is 119 Å². The zero-order valence-electron chi connectivity index (χ0n) is 12.0. The molecular formula is C15H22N2O3. The Morgan fingerprint density at radius 1 is 1.35 bits per heavy atom. The molecule has 5 heteroatoms. The highest BCUT2D eigenvalue weighted by Crippen LogP contribution is 2.20. The first-order valence-corrected chi connectivity index (χ1v) is 6.97. The van der Waals surface area contributed by atoms with Crippen molar-refractivity contribution in [1.82, 2.24) is 4.90 Å². The van der Waals surface area contributed by atoms with Crippen LogP contribution < -0.4 is 10.5 Å². The van der Waals surface area contributed by atoms with Gasteiger partial charge in [-0.25, -0.2) is 0 Å². The van der Waals surface area contributed by atoms with Gasteiger partial charge in [-0.15, -0.1) is 0 Å². The van der Waals surface area contributed by atoms with E-state index in [4.69, 9.17) is 15.2 Å². The summed E-state index contributed by atoms with van der Waals surface area (Å²) in [4.78, 5) is 14.0. The van der Waals surface area contributed by atoms with Crippen LogP contribution in [0, 0.1) is 0 Å². The van der Waals surface area contributed by atoms with Gasteiger partial charge in [0.15, 0.2) is 0 Å². The number of carbonyl (C=O) groups is 1. The summed E-state index contributed by atoms with van der Waals surface area (Å²) in [6, 6.07) is 7.30. The van der Waals surface area contributed by atoms with Crippen molar-refractivity contribution in [2.75, 3.05) is 25.4 Å². The normalized spacial score (nSPS) is 22.6. The number of anilines is 1. The molecule has 2 rings (SSSR count). The zero-order valence-corrected chi connectivity index (χ0v) is 12.0.